The first-order valence-corrected chi connectivity index (χ1v) is 9.29. The van der Waals surface area contributed by atoms with Gasteiger partial charge in [-0.25, -0.2) is 0 Å². The molecule has 0 aromatic rings. The van der Waals surface area contributed by atoms with Crippen LogP contribution >= 0.6 is 0 Å². The van der Waals surface area contributed by atoms with Gasteiger partial charge in [-0.3, -0.25) is 4.79 Å². The van der Waals surface area contributed by atoms with E-state index >= 15 is 0 Å². The summed E-state index contributed by atoms with van der Waals surface area (Å²) in [4.78, 5) is 11.9. The van der Waals surface area contributed by atoms with Crippen molar-refractivity contribution in [3.8, 4) is 0 Å². The van der Waals surface area contributed by atoms with Gasteiger partial charge in [-0.05, 0) is 31.1 Å². The molecule has 0 bridgehead atoms. The Morgan fingerprint density at radius 1 is 1.32 bits per heavy atom. The van der Waals surface area contributed by atoms with Crippen molar-refractivity contribution >= 4 is 16.1 Å². The molecule has 3 fully saturated rings. The number of nitrogens with one attached hydrogen (secondary N) is 1. The predicted octanol–water partition coefficient (Wildman–Crippen LogP) is -0.200. The van der Waals surface area contributed by atoms with E-state index in [0.29, 0.717) is 32.0 Å². The van der Waals surface area contributed by atoms with Crippen molar-refractivity contribution in [1.82, 2.24) is 13.9 Å². The Balaban J connectivity index is 1.44. The van der Waals surface area contributed by atoms with Gasteiger partial charge in [0, 0.05) is 40.2 Å². The van der Waals surface area contributed by atoms with Crippen LogP contribution in [0.4, 0.5) is 0 Å². The molecule has 22 heavy (non-hydrogen) atoms. The van der Waals surface area contributed by atoms with Crippen LogP contribution in [0.15, 0.2) is 0 Å². The lowest BCUT2D eigenvalue weighted by molar-refractivity contribution is -0.122. The fraction of sp³-hybridized carbons (Fsp3) is 0.929. The highest BCUT2D eigenvalue weighted by Crippen LogP contribution is 2.40. The molecule has 1 saturated carbocycles. The summed E-state index contributed by atoms with van der Waals surface area (Å²) in [5.74, 6) is 0.976. The molecule has 3 aliphatic rings. The average molecular weight is 331 g/mol. The Morgan fingerprint density at radius 3 is 2.59 bits per heavy atom. The number of carbonyl (C=O) groups is 1. The first-order valence-electron chi connectivity index (χ1n) is 7.89. The van der Waals surface area contributed by atoms with Gasteiger partial charge in [0.15, 0.2) is 0 Å². The van der Waals surface area contributed by atoms with E-state index < -0.39 is 10.2 Å². The van der Waals surface area contributed by atoms with E-state index in [9.17, 15) is 13.2 Å². The fourth-order valence-electron chi connectivity index (χ4n) is 3.20. The van der Waals surface area contributed by atoms with Crippen molar-refractivity contribution in [3.63, 3.8) is 0 Å². The van der Waals surface area contributed by atoms with E-state index in [-0.39, 0.29) is 17.4 Å². The zero-order valence-electron chi connectivity index (χ0n) is 13.2. The summed E-state index contributed by atoms with van der Waals surface area (Å²) >= 11 is 0. The van der Waals surface area contributed by atoms with Gasteiger partial charge in [0.05, 0.1) is 12.2 Å². The van der Waals surface area contributed by atoms with Crippen molar-refractivity contribution in [2.24, 2.45) is 11.8 Å². The van der Waals surface area contributed by atoms with Crippen molar-refractivity contribution in [2.45, 2.75) is 31.3 Å². The Bertz CT molecular complexity index is 538. The van der Waals surface area contributed by atoms with Gasteiger partial charge in [0.1, 0.15) is 0 Å². The lowest BCUT2D eigenvalue weighted by atomic mass is 9.87. The van der Waals surface area contributed by atoms with Crippen LogP contribution in [0.1, 0.15) is 25.7 Å². The second kappa shape index (κ2) is 5.74. The minimum absolute atomic E-state index is 0.0923. The van der Waals surface area contributed by atoms with Crippen LogP contribution in [-0.4, -0.2) is 68.9 Å². The highest BCUT2D eigenvalue weighted by molar-refractivity contribution is 7.86. The maximum atomic E-state index is 12.0. The molecule has 2 saturated heterocycles. The van der Waals surface area contributed by atoms with E-state index in [1.165, 1.54) is 35.5 Å². The third-order valence-corrected chi connectivity index (χ3v) is 6.60. The summed E-state index contributed by atoms with van der Waals surface area (Å²) in [6.45, 7) is 2.14. The predicted molar refractivity (Wildman–Crippen MR) is 81.3 cm³/mol. The molecular formula is C14H25N3O4S. The summed E-state index contributed by atoms with van der Waals surface area (Å²) in [7, 11) is -0.287. The van der Waals surface area contributed by atoms with Crippen LogP contribution in [0, 0.1) is 11.8 Å². The maximum Gasteiger partial charge on any atom is 0.281 e. The number of amides is 1. The number of hydrogen-bond acceptors (Lipinski definition) is 4. The lowest BCUT2D eigenvalue weighted by Gasteiger charge is -2.46. The number of rotatable bonds is 6. The van der Waals surface area contributed by atoms with Gasteiger partial charge in [-0.2, -0.15) is 17.0 Å². The molecule has 2 heterocycles. The molecule has 7 nitrogen and oxygen atoms in total. The van der Waals surface area contributed by atoms with E-state index in [1.807, 2.05) is 0 Å². The molecule has 0 aromatic heterocycles. The van der Waals surface area contributed by atoms with Crippen molar-refractivity contribution in [1.29, 1.82) is 0 Å². The molecule has 1 aliphatic carbocycles. The molecule has 1 amide bonds. The highest BCUT2D eigenvalue weighted by atomic mass is 32.2. The Morgan fingerprint density at radius 2 is 2.00 bits per heavy atom. The van der Waals surface area contributed by atoms with Crippen molar-refractivity contribution in [3.05, 3.63) is 0 Å². The highest BCUT2D eigenvalue weighted by Gasteiger charge is 2.53. The molecule has 1 N–H and O–H groups in total. The Kier molecular flexibility index (Phi) is 4.22. The fourth-order valence-corrected chi connectivity index (χ4v) is 4.45. The molecule has 2 aliphatic heterocycles. The smallest absolute Gasteiger partial charge is 0.281 e. The summed E-state index contributed by atoms with van der Waals surface area (Å²) in [6, 6.07) is 0. The van der Waals surface area contributed by atoms with Crippen LogP contribution in [0.2, 0.25) is 0 Å². The number of hydrogen-bond donors (Lipinski definition) is 1. The largest absolute Gasteiger partial charge is 0.372 e. The molecule has 126 valence electrons. The lowest BCUT2D eigenvalue weighted by Crippen LogP contribution is -2.64. The zero-order chi connectivity index (χ0) is 16.0. The number of nitrogens with zero attached hydrogens (tertiary/aromatic N) is 2. The summed E-state index contributed by atoms with van der Waals surface area (Å²) in [5.41, 5.74) is -0.371. The molecule has 8 heteroatoms. The molecular weight excluding hydrogens is 306 g/mol. The molecule has 0 radical (unpaired) electrons. The van der Waals surface area contributed by atoms with Gasteiger partial charge >= 0.3 is 0 Å². The SMILES string of the molecule is CN(C)S(=O)(=O)N1CC2(CC(CC(=O)NCC3CC3)CO2)C1. The number of ether oxygens (including phenoxy) is 1. The second-order valence-corrected chi connectivity index (χ2v) is 9.22. The topological polar surface area (TPSA) is 79.0 Å². The third kappa shape index (κ3) is 3.29. The summed E-state index contributed by atoms with van der Waals surface area (Å²) in [6.07, 6.45) is 3.70. The van der Waals surface area contributed by atoms with Crippen LogP contribution in [0.5, 0.6) is 0 Å². The van der Waals surface area contributed by atoms with Gasteiger partial charge in [0.25, 0.3) is 10.2 Å². The second-order valence-electron chi connectivity index (χ2n) is 7.07. The summed E-state index contributed by atoms with van der Waals surface area (Å²) in [5, 5.41) is 2.98. The quantitative estimate of drug-likeness (QED) is 0.731. The van der Waals surface area contributed by atoms with Crippen molar-refractivity contribution < 1.29 is 17.9 Å². The normalized spacial score (nSPS) is 28.0. The van der Waals surface area contributed by atoms with E-state index in [1.54, 1.807) is 0 Å². The van der Waals surface area contributed by atoms with Crippen molar-refractivity contribution in [2.75, 3.05) is 40.3 Å². The van der Waals surface area contributed by atoms with E-state index in [4.69, 9.17) is 4.74 Å². The zero-order valence-corrected chi connectivity index (χ0v) is 14.1. The third-order valence-electron chi connectivity index (χ3n) is 4.76. The average Bonchev–Trinajstić information content (AvgIpc) is 3.14. The van der Waals surface area contributed by atoms with E-state index in [0.717, 1.165) is 13.0 Å². The monoisotopic (exact) mass is 331 g/mol. The minimum atomic E-state index is -3.35. The van der Waals surface area contributed by atoms with E-state index in [2.05, 4.69) is 5.32 Å². The molecule has 1 spiro atoms. The maximum absolute atomic E-state index is 12.0. The van der Waals surface area contributed by atoms with Gasteiger partial charge < -0.3 is 10.1 Å². The number of carbonyl (C=O) groups excluding carboxylic acids is 1. The van der Waals surface area contributed by atoms with Crippen LogP contribution in [0.25, 0.3) is 0 Å². The minimum Gasteiger partial charge on any atom is -0.372 e. The molecule has 1 unspecified atom stereocenters. The molecule has 0 aromatic carbocycles. The Labute approximate surface area is 132 Å². The molecule has 3 rings (SSSR count). The van der Waals surface area contributed by atoms with Gasteiger partial charge in [-0.15, -0.1) is 0 Å². The first-order chi connectivity index (χ1) is 10.3. The molecule has 1 atom stereocenters. The Hall–Kier alpha value is -0.700. The first kappa shape index (κ1) is 16.2. The van der Waals surface area contributed by atoms with Crippen LogP contribution in [0.3, 0.4) is 0 Å². The standard InChI is InChI=1S/C14H25N3O4S/c1-16(2)22(19,20)17-9-14(10-17)6-12(8-21-14)5-13(18)15-7-11-3-4-11/h11-12H,3-10H2,1-2H3,(H,15,18). The van der Waals surface area contributed by atoms with Gasteiger partial charge in [-0.1, -0.05) is 0 Å². The van der Waals surface area contributed by atoms with Crippen LogP contribution < -0.4 is 5.32 Å². The summed E-state index contributed by atoms with van der Waals surface area (Å²) < 4.78 is 32.5. The van der Waals surface area contributed by atoms with Gasteiger partial charge in [0.2, 0.25) is 5.91 Å². The van der Waals surface area contributed by atoms with Crippen LogP contribution in [-0.2, 0) is 19.7 Å².